The molecule has 0 saturated heterocycles. The predicted octanol–water partition coefficient (Wildman–Crippen LogP) is 14.1. The van der Waals surface area contributed by atoms with E-state index in [0.717, 1.165) is 83.2 Å². The Kier molecular flexibility index (Phi) is 16.7. The van der Waals surface area contributed by atoms with Gasteiger partial charge >= 0.3 is 0 Å². The smallest absolute Gasteiger partial charge is 0.142 e. The number of benzene rings is 3. The second-order valence-corrected chi connectivity index (χ2v) is 32.1. The molecule has 10 nitrogen and oxygen atoms in total. The summed E-state index contributed by atoms with van der Waals surface area (Å²) in [4.78, 5) is 12.4. The summed E-state index contributed by atoms with van der Waals surface area (Å²) in [5.41, 5.74) is 8.89. The number of nitrogens with zero attached hydrogens (tertiary/aromatic N) is 7. The maximum Gasteiger partial charge on any atom is 0.142 e. The molecule has 6 aromatic heterocycles. The quantitative estimate of drug-likeness (QED) is 0.0475. The number of rotatable bonds is 15. The molecule has 348 valence electrons. The van der Waals surface area contributed by atoms with Gasteiger partial charge in [-0.3, -0.25) is 9.36 Å². The van der Waals surface area contributed by atoms with Crippen LogP contribution in [-0.4, -0.2) is 74.5 Å². The van der Waals surface area contributed by atoms with E-state index in [-0.39, 0.29) is 0 Å². The number of H-pyrrole nitrogens is 1. The first-order valence-corrected chi connectivity index (χ1v) is 31.9. The normalized spacial score (nSPS) is 11.9. The zero-order valence-corrected chi connectivity index (χ0v) is 45.2. The maximum atomic E-state index is 5.91. The topological polar surface area (TPSA) is 101 Å². The highest BCUT2D eigenvalue weighted by atomic mass is 79.9. The van der Waals surface area contributed by atoms with Crippen LogP contribution in [0.25, 0.3) is 44.3 Å². The SMILES string of the molecule is Brc1cnc2[nH]cc(-c3cnn(C(c4ccccc4)(c4ccccc4)c4ccccc4)c3)c2c1.C[Si](C)(C)CCOCCl.Cn1cc(-c2cn(COCC[Si](C)(C)C)c3ncc(Br)cc23)cn1. The number of hydrogen-bond acceptors (Lipinski definition) is 6. The standard InChI is InChI=1S/C29H21BrN4.C17H23BrN4OSi.C6H15ClOSi/c30-25-16-26-27(19-32-28(26)31-18-25)21-17-33-34(20-21)29(22-10-4-1-5-11-22,23-12-6-2-7-13-23)24-14-8-3-9-15-24;1-21-10-13(8-20-21)16-11-22(12-23-5-6-24(2,3)4)17-15(16)7-14(18)9-19-17;1-9(2,3)5-4-8-6-7/h1-20H,(H,31,32);7-11H,5-6,12H2,1-4H3;4-6H2,1-3H3. The summed E-state index contributed by atoms with van der Waals surface area (Å²) >= 11 is 12.4. The maximum absolute atomic E-state index is 5.91. The van der Waals surface area contributed by atoms with Crippen molar-refractivity contribution >= 4 is 81.7 Å². The van der Waals surface area contributed by atoms with E-state index in [1.165, 1.54) is 12.1 Å². The molecule has 9 aromatic rings. The molecule has 0 spiro atoms. The minimum Gasteiger partial charge on any atom is -0.366 e. The molecule has 67 heavy (non-hydrogen) atoms. The first-order valence-electron chi connectivity index (χ1n) is 22.4. The molecular formula is C52H59Br2ClN8O2Si2. The van der Waals surface area contributed by atoms with Gasteiger partial charge in [0.25, 0.3) is 0 Å². The van der Waals surface area contributed by atoms with Crippen LogP contribution in [0.15, 0.2) is 162 Å². The van der Waals surface area contributed by atoms with Crippen LogP contribution < -0.4 is 0 Å². The van der Waals surface area contributed by atoms with Crippen molar-refractivity contribution < 1.29 is 9.47 Å². The molecule has 0 bridgehead atoms. The summed E-state index contributed by atoms with van der Waals surface area (Å²) in [5, 5.41) is 11.4. The lowest BCUT2D eigenvalue weighted by molar-refractivity contribution is 0.0899. The highest BCUT2D eigenvalue weighted by Crippen LogP contribution is 2.42. The summed E-state index contributed by atoms with van der Waals surface area (Å²) in [6.07, 6.45) is 15.7. The van der Waals surface area contributed by atoms with Crippen LogP contribution in [0.3, 0.4) is 0 Å². The molecule has 3 aromatic carbocycles. The Morgan fingerprint density at radius 2 is 1.15 bits per heavy atom. The summed E-state index contributed by atoms with van der Waals surface area (Å²) in [6, 6.07) is 38.6. The van der Waals surface area contributed by atoms with Gasteiger partial charge in [0.05, 0.1) is 12.4 Å². The number of nitrogens with one attached hydrogen (secondary N) is 1. The number of aromatic nitrogens is 8. The summed E-state index contributed by atoms with van der Waals surface area (Å²) < 4.78 is 18.8. The van der Waals surface area contributed by atoms with Gasteiger partial charge in [-0.15, -0.1) is 0 Å². The van der Waals surface area contributed by atoms with Gasteiger partial charge in [-0.05, 0) is 72.8 Å². The third-order valence-corrected chi connectivity index (χ3v) is 15.7. The molecule has 0 aliphatic carbocycles. The van der Waals surface area contributed by atoms with Gasteiger partial charge in [0.1, 0.15) is 29.6 Å². The second kappa shape index (κ2) is 22.4. The fourth-order valence-electron chi connectivity index (χ4n) is 7.81. The lowest BCUT2D eigenvalue weighted by Crippen LogP contribution is -2.38. The molecule has 6 heterocycles. The summed E-state index contributed by atoms with van der Waals surface area (Å²) in [7, 11) is -0.0195. The Hall–Kier alpha value is -4.94. The first kappa shape index (κ1) is 50.0. The van der Waals surface area contributed by atoms with Gasteiger partial charge < -0.3 is 19.0 Å². The number of aromatic amines is 1. The van der Waals surface area contributed by atoms with Gasteiger partial charge in [0.15, 0.2) is 0 Å². The number of halogens is 3. The van der Waals surface area contributed by atoms with E-state index in [1.54, 1.807) is 6.20 Å². The highest BCUT2D eigenvalue weighted by molar-refractivity contribution is 9.10. The minimum absolute atomic E-state index is 0.338. The van der Waals surface area contributed by atoms with E-state index < -0.39 is 21.7 Å². The van der Waals surface area contributed by atoms with Crippen LogP contribution in [0, 0.1) is 0 Å². The molecule has 0 atom stereocenters. The monoisotopic (exact) mass is 1080 g/mol. The van der Waals surface area contributed by atoms with Crippen LogP contribution in [0.5, 0.6) is 0 Å². The van der Waals surface area contributed by atoms with Crippen molar-refractivity contribution in [2.45, 2.75) is 63.6 Å². The molecule has 0 radical (unpaired) electrons. The Morgan fingerprint density at radius 3 is 1.69 bits per heavy atom. The first-order chi connectivity index (χ1) is 32.2. The molecule has 9 rings (SSSR count). The number of ether oxygens (including phenoxy) is 2. The second-order valence-electron chi connectivity index (χ2n) is 18.9. The number of hydrogen-bond donors (Lipinski definition) is 1. The predicted molar refractivity (Wildman–Crippen MR) is 288 cm³/mol. The third kappa shape index (κ3) is 12.6. The van der Waals surface area contributed by atoms with Gasteiger partial charge in [0.2, 0.25) is 0 Å². The molecule has 15 heteroatoms. The van der Waals surface area contributed by atoms with Crippen LogP contribution in [0.4, 0.5) is 0 Å². The van der Waals surface area contributed by atoms with Crippen molar-refractivity contribution in [1.82, 2.24) is 39.1 Å². The van der Waals surface area contributed by atoms with E-state index in [1.807, 2.05) is 42.7 Å². The fourth-order valence-corrected chi connectivity index (χ4v) is 10.1. The average Bonchev–Trinajstić information content (AvgIpc) is 4.13. The average molecular weight is 1080 g/mol. The van der Waals surface area contributed by atoms with Gasteiger partial charge in [0, 0.05) is 116 Å². The largest absolute Gasteiger partial charge is 0.366 e. The molecule has 0 amide bonds. The van der Waals surface area contributed by atoms with E-state index in [4.69, 9.17) is 26.2 Å². The Bertz CT molecular complexity index is 2870. The number of pyridine rings is 2. The van der Waals surface area contributed by atoms with Crippen molar-refractivity contribution in [3.63, 3.8) is 0 Å². The van der Waals surface area contributed by atoms with Gasteiger partial charge in [-0.2, -0.15) is 10.2 Å². The number of fused-ring (bicyclic) bond motifs is 2. The van der Waals surface area contributed by atoms with Gasteiger partial charge in [-0.1, -0.05) is 142 Å². The summed E-state index contributed by atoms with van der Waals surface area (Å²) in [5.74, 6) is 0. The summed E-state index contributed by atoms with van der Waals surface area (Å²) in [6.45, 7) is 16.2. The van der Waals surface area contributed by atoms with Crippen LogP contribution in [0.2, 0.25) is 51.4 Å². The van der Waals surface area contributed by atoms with Crippen molar-refractivity contribution in [3.05, 3.63) is 178 Å². The van der Waals surface area contributed by atoms with Crippen molar-refractivity contribution in [2.75, 3.05) is 19.3 Å². The molecule has 0 saturated carbocycles. The van der Waals surface area contributed by atoms with Crippen molar-refractivity contribution in [3.8, 4) is 22.3 Å². The Balaban J connectivity index is 0.000000176. The van der Waals surface area contributed by atoms with Crippen molar-refractivity contribution in [2.24, 2.45) is 7.05 Å². The molecule has 1 N–H and O–H groups in total. The lowest BCUT2D eigenvalue weighted by Gasteiger charge is -2.36. The molecule has 0 fully saturated rings. The Labute approximate surface area is 418 Å². The lowest BCUT2D eigenvalue weighted by atomic mass is 9.77. The molecule has 0 aliphatic heterocycles. The highest BCUT2D eigenvalue weighted by Gasteiger charge is 2.39. The van der Waals surface area contributed by atoms with Crippen LogP contribution >= 0.6 is 43.5 Å². The van der Waals surface area contributed by atoms with Crippen LogP contribution in [-0.2, 0) is 28.8 Å². The fraction of sp³-hybridized carbons (Fsp3) is 0.269. The third-order valence-electron chi connectivity index (χ3n) is 11.3. The Morgan fingerprint density at radius 1 is 0.627 bits per heavy atom. The molecular weight excluding hydrogens is 1020 g/mol. The van der Waals surface area contributed by atoms with E-state index in [2.05, 4.69) is 216 Å². The van der Waals surface area contributed by atoms with Crippen LogP contribution in [0.1, 0.15) is 16.7 Å². The van der Waals surface area contributed by atoms with E-state index in [0.29, 0.717) is 12.8 Å². The zero-order valence-electron chi connectivity index (χ0n) is 39.3. The number of aryl methyl sites for hydroxylation is 1. The molecule has 0 unspecified atom stereocenters. The molecule has 0 aliphatic rings. The van der Waals surface area contributed by atoms with Gasteiger partial charge in [-0.25, -0.2) is 9.97 Å². The minimum atomic E-state index is -1.07. The number of alkyl halides is 1. The van der Waals surface area contributed by atoms with E-state index >= 15 is 0 Å². The van der Waals surface area contributed by atoms with Crippen molar-refractivity contribution in [1.29, 1.82) is 0 Å². The zero-order chi connectivity index (χ0) is 47.6. The van der Waals surface area contributed by atoms with E-state index in [9.17, 15) is 0 Å².